The summed E-state index contributed by atoms with van der Waals surface area (Å²) in [4.78, 5) is 14.8. The molecule has 1 amide bonds. The van der Waals surface area contributed by atoms with Gasteiger partial charge in [0, 0.05) is 6.54 Å². The SMILES string of the molecule is COc1cc2c(cc1OCc1ccccc1)C=C[C@@H]1CCCN1C2=O. The number of fused-ring (bicyclic) bond motifs is 2. The molecule has 2 heterocycles. The van der Waals surface area contributed by atoms with Gasteiger partial charge in [-0.25, -0.2) is 0 Å². The molecule has 4 heteroatoms. The van der Waals surface area contributed by atoms with Crippen molar-refractivity contribution in [2.24, 2.45) is 0 Å². The third-order valence-electron chi connectivity index (χ3n) is 4.86. The van der Waals surface area contributed by atoms with E-state index in [1.807, 2.05) is 53.4 Å². The van der Waals surface area contributed by atoms with Gasteiger partial charge in [-0.3, -0.25) is 4.79 Å². The molecule has 25 heavy (non-hydrogen) atoms. The summed E-state index contributed by atoms with van der Waals surface area (Å²) >= 11 is 0. The van der Waals surface area contributed by atoms with Crippen molar-refractivity contribution in [2.75, 3.05) is 13.7 Å². The Bertz CT molecular complexity index is 813. The fourth-order valence-electron chi connectivity index (χ4n) is 3.52. The van der Waals surface area contributed by atoms with E-state index in [1.165, 1.54) is 0 Å². The van der Waals surface area contributed by atoms with Crippen molar-refractivity contribution in [3.8, 4) is 11.5 Å². The topological polar surface area (TPSA) is 38.8 Å². The van der Waals surface area contributed by atoms with Gasteiger partial charge < -0.3 is 14.4 Å². The van der Waals surface area contributed by atoms with Gasteiger partial charge in [0.1, 0.15) is 6.61 Å². The molecule has 0 N–H and O–H groups in total. The number of nitrogens with zero attached hydrogens (tertiary/aromatic N) is 1. The maximum absolute atomic E-state index is 12.9. The zero-order valence-electron chi connectivity index (χ0n) is 14.3. The Balaban J connectivity index is 1.65. The summed E-state index contributed by atoms with van der Waals surface area (Å²) < 4.78 is 11.4. The van der Waals surface area contributed by atoms with Crippen molar-refractivity contribution in [1.82, 2.24) is 4.90 Å². The first kappa shape index (κ1) is 15.8. The van der Waals surface area contributed by atoms with Crippen molar-refractivity contribution in [3.05, 3.63) is 65.2 Å². The molecule has 0 saturated carbocycles. The number of rotatable bonds is 4. The lowest BCUT2D eigenvalue weighted by atomic mass is 10.0. The quantitative estimate of drug-likeness (QED) is 0.850. The molecule has 1 fully saturated rings. The van der Waals surface area contributed by atoms with E-state index in [0.717, 1.165) is 30.5 Å². The van der Waals surface area contributed by atoms with Gasteiger partial charge in [-0.05, 0) is 36.1 Å². The van der Waals surface area contributed by atoms with Crippen LogP contribution in [-0.2, 0) is 6.61 Å². The number of carbonyl (C=O) groups excluding carboxylic acids is 1. The predicted molar refractivity (Wildman–Crippen MR) is 96.9 cm³/mol. The minimum absolute atomic E-state index is 0.0791. The van der Waals surface area contributed by atoms with Gasteiger partial charge in [-0.1, -0.05) is 42.5 Å². The van der Waals surface area contributed by atoms with Crippen molar-refractivity contribution >= 4 is 12.0 Å². The zero-order valence-corrected chi connectivity index (χ0v) is 14.3. The summed E-state index contributed by atoms with van der Waals surface area (Å²) in [6.07, 6.45) is 6.26. The molecule has 128 valence electrons. The predicted octanol–water partition coefficient (Wildman–Crippen LogP) is 3.91. The standard InChI is InChI=1S/C21H21NO3/c1-24-19-13-18-16(9-10-17-8-5-11-22(17)21(18)23)12-20(19)25-14-15-6-3-2-4-7-15/h2-4,6-7,9-10,12-13,17H,5,8,11,14H2,1H3/t17-/m0/s1. The zero-order chi connectivity index (χ0) is 17.2. The molecule has 0 aromatic heterocycles. The summed E-state index contributed by atoms with van der Waals surface area (Å²) in [5.41, 5.74) is 2.67. The fourth-order valence-corrected chi connectivity index (χ4v) is 3.52. The first-order valence-electron chi connectivity index (χ1n) is 8.64. The lowest BCUT2D eigenvalue weighted by Gasteiger charge is -2.21. The summed E-state index contributed by atoms with van der Waals surface area (Å²) in [5.74, 6) is 1.33. The van der Waals surface area contributed by atoms with Crippen LogP contribution in [-0.4, -0.2) is 30.5 Å². The molecule has 2 aliphatic rings. The highest BCUT2D eigenvalue weighted by Gasteiger charge is 2.31. The van der Waals surface area contributed by atoms with Gasteiger partial charge >= 0.3 is 0 Å². The van der Waals surface area contributed by atoms with E-state index >= 15 is 0 Å². The lowest BCUT2D eigenvalue weighted by molar-refractivity contribution is 0.0763. The van der Waals surface area contributed by atoms with Crippen LogP contribution in [0.15, 0.2) is 48.5 Å². The second-order valence-electron chi connectivity index (χ2n) is 6.43. The van der Waals surface area contributed by atoms with Gasteiger partial charge in [-0.15, -0.1) is 0 Å². The van der Waals surface area contributed by atoms with Crippen LogP contribution in [0.4, 0.5) is 0 Å². The van der Waals surface area contributed by atoms with Crippen molar-refractivity contribution in [1.29, 1.82) is 0 Å². The molecule has 4 nitrogen and oxygen atoms in total. The largest absolute Gasteiger partial charge is 0.493 e. The molecule has 0 spiro atoms. The van der Waals surface area contributed by atoms with Crippen LogP contribution in [0.1, 0.15) is 34.3 Å². The Morgan fingerprint density at radius 1 is 1.16 bits per heavy atom. The summed E-state index contributed by atoms with van der Waals surface area (Å²) in [5, 5.41) is 0. The van der Waals surface area contributed by atoms with Crippen LogP contribution in [0, 0.1) is 0 Å². The monoisotopic (exact) mass is 335 g/mol. The van der Waals surface area contributed by atoms with Crippen LogP contribution < -0.4 is 9.47 Å². The van der Waals surface area contributed by atoms with Crippen LogP contribution in [0.25, 0.3) is 6.08 Å². The molecule has 1 atom stereocenters. The van der Waals surface area contributed by atoms with E-state index in [9.17, 15) is 4.79 Å². The molecule has 4 rings (SSSR count). The first-order valence-corrected chi connectivity index (χ1v) is 8.64. The fraction of sp³-hybridized carbons (Fsp3) is 0.286. The van der Waals surface area contributed by atoms with Gasteiger partial charge in [-0.2, -0.15) is 0 Å². The highest BCUT2D eigenvalue weighted by molar-refractivity contribution is 6.00. The molecular weight excluding hydrogens is 314 g/mol. The maximum atomic E-state index is 12.9. The molecular formula is C21H21NO3. The smallest absolute Gasteiger partial charge is 0.255 e. The molecule has 0 bridgehead atoms. The number of amides is 1. The van der Waals surface area contributed by atoms with E-state index in [-0.39, 0.29) is 11.9 Å². The Labute approximate surface area is 147 Å². The number of carbonyl (C=O) groups is 1. The van der Waals surface area contributed by atoms with E-state index in [2.05, 4.69) is 6.08 Å². The third-order valence-corrected chi connectivity index (χ3v) is 4.86. The minimum Gasteiger partial charge on any atom is -0.493 e. The van der Waals surface area contributed by atoms with E-state index in [0.29, 0.717) is 23.7 Å². The van der Waals surface area contributed by atoms with Crippen molar-refractivity contribution in [2.45, 2.75) is 25.5 Å². The maximum Gasteiger partial charge on any atom is 0.255 e. The van der Waals surface area contributed by atoms with E-state index in [1.54, 1.807) is 7.11 Å². The second-order valence-corrected chi connectivity index (χ2v) is 6.43. The minimum atomic E-state index is 0.0791. The van der Waals surface area contributed by atoms with Crippen LogP contribution in [0.5, 0.6) is 11.5 Å². The first-order chi connectivity index (χ1) is 12.3. The van der Waals surface area contributed by atoms with Gasteiger partial charge in [0.25, 0.3) is 5.91 Å². The van der Waals surface area contributed by atoms with E-state index < -0.39 is 0 Å². The Morgan fingerprint density at radius 2 is 2.00 bits per heavy atom. The second kappa shape index (κ2) is 6.63. The molecule has 2 aromatic carbocycles. The Hall–Kier alpha value is -2.75. The van der Waals surface area contributed by atoms with Crippen molar-refractivity contribution < 1.29 is 14.3 Å². The number of benzene rings is 2. The summed E-state index contributed by atoms with van der Waals surface area (Å²) in [6, 6.07) is 13.9. The van der Waals surface area contributed by atoms with Crippen LogP contribution in [0.2, 0.25) is 0 Å². The average Bonchev–Trinajstić information content (AvgIpc) is 3.08. The highest BCUT2D eigenvalue weighted by atomic mass is 16.5. The number of hydrogen-bond donors (Lipinski definition) is 0. The highest BCUT2D eigenvalue weighted by Crippen LogP contribution is 2.35. The summed E-state index contributed by atoms with van der Waals surface area (Å²) in [6.45, 7) is 1.28. The molecule has 0 aliphatic carbocycles. The molecule has 2 aliphatic heterocycles. The lowest BCUT2D eigenvalue weighted by Crippen LogP contribution is -2.33. The van der Waals surface area contributed by atoms with Gasteiger partial charge in [0.2, 0.25) is 0 Å². The van der Waals surface area contributed by atoms with Crippen LogP contribution in [0.3, 0.4) is 0 Å². The number of ether oxygens (including phenoxy) is 2. The van der Waals surface area contributed by atoms with Gasteiger partial charge in [0.05, 0.1) is 18.7 Å². The molecule has 2 aromatic rings. The molecule has 1 saturated heterocycles. The number of methoxy groups -OCH3 is 1. The molecule has 0 unspecified atom stereocenters. The number of hydrogen-bond acceptors (Lipinski definition) is 3. The van der Waals surface area contributed by atoms with Crippen molar-refractivity contribution in [3.63, 3.8) is 0 Å². The Morgan fingerprint density at radius 3 is 2.80 bits per heavy atom. The third kappa shape index (κ3) is 3.00. The van der Waals surface area contributed by atoms with E-state index in [4.69, 9.17) is 9.47 Å². The Kier molecular flexibility index (Phi) is 4.18. The normalized spacial score (nSPS) is 18.5. The molecule has 0 radical (unpaired) electrons. The average molecular weight is 335 g/mol. The van der Waals surface area contributed by atoms with Gasteiger partial charge in [0.15, 0.2) is 11.5 Å². The summed E-state index contributed by atoms with van der Waals surface area (Å²) in [7, 11) is 1.60. The van der Waals surface area contributed by atoms with Crippen LogP contribution >= 0.6 is 0 Å².